The van der Waals surface area contributed by atoms with E-state index in [0.717, 1.165) is 0 Å². The Balaban J connectivity index is 1.81. The number of hydrogen-bond donors (Lipinski definition) is 0. The largest absolute Gasteiger partial charge is 0.0595 e. The van der Waals surface area contributed by atoms with Gasteiger partial charge in [-0.1, -0.05) is 131 Å². The highest BCUT2D eigenvalue weighted by molar-refractivity contribution is 5.74. The van der Waals surface area contributed by atoms with Crippen molar-refractivity contribution in [2.45, 2.75) is 131 Å². The smallest absolute Gasteiger partial charge is 0.00632 e. The number of benzene rings is 2. The maximum absolute atomic E-state index is 2.60. The Kier molecular flexibility index (Phi) is 8.52. The first-order chi connectivity index (χ1) is 17.8. The van der Waals surface area contributed by atoms with E-state index < -0.39 is 0 Å². The van der Waals surface area contributed by atoms with Crippen molar-refractivity contribution in [2.75, 3.05) is 0 Å². The van der Waals surface area contributed by atoms with Gasteiger partial charge in [-0.15, -0.1) is 0 Å². The van der Waals surface area contributed by atoms with Crippen molar-refractivity contribution in [3.8, 4) is 0 Å². The first-order valence-corrected chi connectivity index (χ1v) is 15.6. The molecule has 0 heteroatoms. The van der Waals surface area contributed by atoms with Gasteiger partial charge in [-0.25, -0.2) is 0 Å². The van der Waals surface area contributed by atoms with Gasteiger partial charge in [0.1, 0.15) is 0 Å². The van der Waals surface area contributed by atoms with Crippen LogP contribution in [0.4, 0.5) is 0 Å². The van der Waals surface area contributed by atoms with Gasteiger partial charge < -0.3 is 0 Å². The Morgan fingerprint density at radius 3 is 0.974 bits per heavy atom. The van der Waals surface area contributed by atoms with E-state index in [1.807, 2.05) is 0 Å². The van der Waals surface area contributed by atoms with Gasteiger partial charge in [0.25, 0.3) is 0 Å². The van der Waals surface area contributed by atoms with E-state index in [1.54, 1.807) is 44.5 Å². The number of allylic oxidation sites excluding steroid dienone is 2. The van der Waals surface area contributed by atoms with Crippen LogP contribution < -0.4 is 0 Å². The maximum Gasteiger partial charge on any atom is 0.00632 e. The fraction of sp³-hybridized carbons (Fsp3) is 0.579. The average molecular weight is 511 g/mol. The molecule has 0 saturated heterocycles. The fourth-order valence-electron chi connectivity index (χ4n) is 7.42. The summed E-state index contributed by atoms with van der Waals surface area (Å²) in [5.74, 6) is 4.41. The summed E-state index contributed by atoms with van der Waals surface area (Å²) >= 11 is 0. The van der Waals surface area contributed by atoms with Crippen LogP contribution >= 0.6 is 0 Å². The minimum Gasteiger partial charge on any atom is -0.0595 e. The Hall–Kier alpha value is -2.08. The monoisotopic (exact) mass is 510 g/mol. The van der Waals surface area contributed by atoms with Crippen LogP contribution in [-0.4, -0.2) is 0 Å². The van der Waals surface area contributed by atoms with E-state index in [2.05, 4.69) is 120 Å². The van der Waals surface area contributed by atoms with Crippen molar-refractivity contribution < 1.29 is 0 Å². The van der Waals surface area contributed by atoms with Crippen molar-refractivity contribution >= 4 is 12.2 Å². The van der Waals surface area contributed by atoms with Gasteiger partial charge in [0.05, 0.1) is 0 Å². The van der Waals surface area contributed by atoms with Gasteiger partial charge in [-0.3, -0.25) is 0 Å². The summed E-state index contributed by atoms with van der Waals surface area (Å²) in [6.07, 6.45) is 7.67. The van der Waals surface area contributed by atoms with Gasteiger partial charge in [0.15, 0.2) is 0 Å². The van der Waals surface area contributed by atoms with Crippen LogP contribution in [0.1, 0.15) is 176 Å². The standard InChI is InChI=1S/C38H54/c1-21(2)27-13-15-29(23(5)6)37-31(33(25(9)10)19-35(27)37)17-18-32-34(26(11)12)20-36-28(22(3)4)14-16-30(24(7)8)38(32)36/h13-16,19-26,31-32H,17-18H2,1-12H3. The molecular formula is C38H54. The molecule has 0 fully saturated rings. The van der Waals surface area contributed by atoms with Crippen molar-refractivity contribution in [3.05, 3.63) is 79.9 Å². The molecule has 38 heavy (non-hydrogen) atoms. The Bertz CT molecular complexity index is 1130. The molecule has 0 saturated carbocycles. The molecule has 0 heterocycles. The predicted molar refractivity (Wildman–Crippen MR) is 170 cm³/mol. The van der Waals surface area contributed by atoms with Gasteiger partial charge in [-0.05, 0) is 92.9 Å². The van der Waals surface area contributed by atoms with Crippen LogP contribution in [0.2, 0.25) is 0 Å². The van der Waals surface area contributed by atoms with Crippen LogP contribution in [0.25, 0.3) is 12.2 Å². The van der Waals surface area contributed by atoms with Crippen molar-refractivity contribution in [3.63, 3.8) is 0 Å². The number of hydrogen-bond acceptors (Lipinski definition) is 0. The Labute approximate surface area is 235 Å². The van der Waals surface area contributed by atoms with E-state index in [4.69, 9.17) is 0 Å². The third-order valence-electron chi connectivity index (χ3n) is 9.40. The summed E-state index contributed by atoms with van der Waals surface area (Å²) in [5.41, 5.74) is 15.9. The molecule has 2 aromatic carbocycles. The van der Waals surface area contributed by atoms with Crippen molar-refractivity contribution in [2.24, 2.45) is 11.8 Å². The lowest BCUT2D eigenvalue weighted by Crippen LogP contribution is -2.13. The minimum atomic E-state index is 0.536. The zero-order chi connectivity index (χ0) is 28.0. The molecule has 2 aromatic rings. The molecule has 2 aliphatic carbocycles. The average Bonchev–Trinajstić information content (AvgIpc) is 3.40. The second-order valence-electron chi connectivity index (χ2n) is 14.0. The molecule has 2 unspecified atom stereocenters. The molecule has 0 nitrogen and oxygen atoms in total. The second kappa shape index (κ2) is 11.2. The highest BCUT2D eigenvalue weighted by atomic mass is 14.4. The normalized spacial score (nSPS) is 18.9. The molecule has 4 rings (SSSR count). The van der Waals surface area contributed by atoms with Crippen LogP contribution in [-0.2, 0) is 0 Å². The van der Waals surface area contributed by atoms with Crippen LogP contribution in [0.15, 0.2) is 35.4 Å². The molecule has 0 spiro atoms. The minimum absolute atomic E-state index is 0.536. The van der Waals surface area contributed by atoms with Crippen LogP contribution in [0.3, 0.4) is 0 Å². The summed E-state index contributed by atoms with van der Waals surface area (Å²) in [7, 11) is 0. The predicted octanol–water partition coefficient (Wildman–Crippen LogP) is 11.9. The van der Waals surface area contributed by atoms with Gasteiger partial charge in [0, 0.05) is 11.8 Å². The summed E-state index contributed by atoms with van der Waals surface area (Å²) in [4.78, 5) is 0. The van der Waals surface area contributed by atoms with E-state index in [1.165, 1.54) is 24.0 Å². The summed E-state index contributed by atoms with van der Waals surface area (Å²) in [5, 5.41) is 0. The quantitative estimate of drug-likeness (QED) is 0.314. The maximum atomic E-state index is 2.60. The highest BCUT2D eigenvalue weighted by Gasteiger charge is 2.36. The highest BCUT2D eigenvalue weighted by Crippen LogP contribution is 2.52. The molecule has 0 amide bonds. The second-order valence-corrected chi connectivity index (χ2v) is 14.0. The van der Waals surface area contributed by atoms with E-state index in [-0.39, 0.29) is 0 Å². The molecular weight excluding hydrogens is 456 g/mol. The zero-order valence-corrected chi connectivity index (χ0v) is 26.5. The molecule has 0 N–H and O–H groups in total. The lowest BCUT2D eigenvalue weighted by molar-refractivity contribution is 0.543. The first kappa shape index (κ1) is 28.9. The van der Waals surface area contributed by atoms with Crippen molar-refractivity contribution in [1.29, 1.82) is 0 Å². The molecule has 206 valence electrons. The number of rotatable bonds is 9. The first-order valence-electron chi connectivity index (χ1n) is 15.6. The fourth-order valence-corrected chi connectivity index (χ4v) is 7.42. The topological polar surface area (TPSA) is 0 Å². The molecule has 0 aliphatic heterocycles. The summed E-state index contributed by atoms with van der Waals surface area (Å²) < 4.78 is 0. The van der Waals surface area contributed by atoms with E-state index in [0.29, 0.717) is 47.3 Å². The Morgan fingerprint density at radius 2 is 0.711 bits per heavy atom. The van der Waals surface area contributed by atoms with Gasteiger partial charge in [-0.2, -0.15) is 0 Å². The summed E-state index contributed by atoms with van der Waals surface area (Å²) in [6, 6.07) is 9.76. The lowest BCUT2D eigenvalue weighted by atomic mass is 9.75. The molecule has 0 bridgehead atoms. The van der Waals surface area contributed by atoms with Crippen LogP contribution in [0.5, 0.6) is 0 Å². The van der Waals surface area contributed by atoms with Gasteiger partial charge in [0.2, 0.25) is 0 Å². The third kappa shape index (κ3) is 5.10. The lowest BCUT2D eigenvalue weighted by Gasteiger charge is -2.29. The summed E-state index contributed by atoms with van der Waals surface area (Å²) in [6.45, 7) is 28.6. The number of fused-ring (bicyclic) bond motifs is 2. The molecule has 2 aliphatic rings. The molecule has 0 aromatic heterocycles. The van der Waals surface area contributed by atoms with E-state index in [9.17, 15) is 0 Å². The molecule has 2 atom stereocenters. The van der Waals surface area contributed by atoms with E-state index >= 15 is 0 Å². The third-order valence-corrected chi connectivity index (χ3v) is 9.40. The molecule has 0 radical (unpaired) electrons. The van der Waals surface area contributed by atoms with Crippen LogP contribution in [0, 0.1) is 11.8 Å². The SMILES string of the molecule is CC(C)C1=Cc2c(C(C)C)ccc(C(C)C)c2C1CCC1C(C(C)C)=Cc2c(C(C)C)ccc(C(C)C)c21. The Morgan fingerprint density at radius 1 is 0.421 bits per heavy atom. The zero-order valence-electron chi connectivity index (χ0n) is 26.5. The van der Waals surface area contributed by atoms with Gasteiger partial charge >= 0.3 is 0 Å². The van der Waals surface area contributed by atoms with Crippen molar-refractivity contribution in [1.82, 2.24) is 0 Å².